The van der Waals surface area contributed by atoms with Crippen LogP contribution < -0.4 is 5.32 Å². The monoisotopic (exact) mass is 374 g/mol. The van der Waals surface area contributed by atoms with Crippen molar-refractivity contribution in [3.63, 3.8) is 0 Å². The molecule has 0 aromatic heterocycles. The van der Waals surface area contributed by atoms with Crippen molar-refractivity contribution in [1.82, 2.24) is 4.90 Å². The Labute approximate surface area is 156 Å². The summed E-state index contributed by atoms with van der Waals surface area (Å²) in [5.74, 6) is -0.462. The molecule has 136 valence electrons. The summed E-state index contributed by atoms with van der Waals surface area (Å²) in [6, 6.07) is 13.1. The number of aromatic hydroxyl groups is 1. The number of likely N-dealkylation sites (tertiary alicyclic amines) is 1. The number of halogens is 1. The van der Waals surface area contributed by atoms with Crippen LogP contribution in [0.15, 0.2) is 48.5 Å². The molecule has 2 N–H and O–H groups in total. The summed E-state index contributed by atoms with van der Waals surface area (Å²) < 4.78 is 5.32. The number of hydrogen-bond donors (Lipinski definition) is 2. The maximum absolute atomic E-state index is 12.6. The predicted molar refractivity (Wildman–Crippen MR) is 98.1 cm³/mol. The second kappa shape index (κ2) is 8.10. The van der Waals surface area contributed by atoms with Gasteiger partial charge in [-0.3, -0.25) is 9.69 Å². The Morgan fingerprint density at radius 1 is 1.23 bits per heavy atom. The highest BCUT2D eigenvalue weighted by molar-refractivity contribution is 6.31. The van der Waals surface area contributed by atoms with Crippen molar-refractivity contribution < 1.29 is 19.4 Å². The van der Waals surface area contributed by atoms with Crippen LogP contribution in [0.5, 0.6) is 5.75 Å². The third-order valence-corrected chi connectivity index (χ3v) is 4.45. The Morgan fingerprint density at radius 3 is 2.77 bits per heavy atom. The number of anilines is 1. The lowest BCUT2D eigenvalue weighted by atomic mass is 10.2. The Hall–Kier alpha value is -2.73. The molecule has 2 aromatic carbocycles. The molecule has 1 unspecified atom stereocenters. The average Bonchev–Trinajstić information content (AvgIpc) is 3.13. The number of phenolic OH excluding ortho intramolecular Hbond substituents is 1. The third-order valence-electron chi connectivity index (χ3n) is 4.21. The molecule has 0 saturated carbocycles. The van der Waals surface area contributed by atoms with Gasteiger partial charge in [-0.25, -0.2) is 4.79 Å². The first-order valence-corrected chi connectivity index (χ1v) is 8.69. The zero-order valence-corrected chi connectivity index (χ0v) is 14.8. The van der Waals surface area contributed by atoms with Gasteiger partial charge in [0, 0.05) is 11.6 Å². The smallest absolute Gasteiger partial charge is 0.410 e. The van der Waals surface area contributed by atoms with Gasteiger partial charge >= 0.3 is 6.09 Å². The lowest BCUT2D eigenvalue weighted by Crippen LogP contribution is -2.43. The van der Waals surface area contributed by atoms with Crippen LogP contribution in [-0.4, -0.2) is 34.6 Å². The fraction of sp³-hybridized carbons (Fsp3) is 0.263. The molecular formula is C19H19ClN2O4. The van der Waals surface area contributed by atoms with Gasteiger partial charge in [-0.05, 0) is 36.6 Å². The first-order chi connectivity index (χ1) is 12.5. The maximum Gasteiger partial charge on any atom is 0.410 e. The SMILES string of the molecule is O=C(Nc1cc(Cl)ccc1O)C1CCCN1C(=O)OCc1ccccc1. The van der Waals surface area contributed by atoms with E-state index in [1.807, 2.05) is 30.3 Å². The molecule has 0 bridgehead atoms. The summed E-state index contributed by atoms with van der Waals surface area (Å²) in [4.78, 5) is 26.3. The van der Waals surface area contributed by atoms with E-state index in [0.717, 1.165) is 5.56 Å². The molecule has 1 aliphatic heterocycles. The fourth-order valence-electron chi connectivity index (χ4n) is 2.88. The number of carbonyl (C=O) groups excluding carboxylic acids is 2. The number of rotatable bonds is 4. The highest BCUT2D eigenvalue weighted by atomic mass is 35.5. The molecule has 1 fully saturated rings. The number of phenols is 1. The van der Waals surface area contributed by atoms with Crippen LogP contribution in [0.2, 0.25) is 5.02 Å². The minimum absolute atomic E-state index is 0.0843. The first-order valence-electron chi connectivity index (χ1n) is 8.31. The van der Waals surface area contributed by atoms with E-state index >= 15 is 0 Å². The van der Waals surface area contributed by atoms with Crippen molar-refractivity contribution in [1.29, 1.82) is 0 Å². The van der Waals surface area contributed by atoms with Gasteiger partial charge in [0.2, 0.25) is 5.91 Å². The van der Waals surface area contributed by atoms with Crippen LogP contribution >= 0.6 is 11.6 Å². The number of benzene rings is 2. The first kappa shape index (κ1) is 18.1. The highest BCUT2D eigenvalue weighted by Crippen LogP contribution is 2.28. The number of hydrogen-bond acceptors (Lipinski definition) is 4. The van der Waals surface area contributed by atoms with Gasteiger partial charge in [0.15, 0.2) is 0 Å². The summed E-state index contributed by atoms with van der Waals surface area (Å²) in [6.07, 6.45) is 0.718. The third kappa shape index (κ3) is 4.26. The van der Waals surface area contributed by atoms with E-state index in [2.05, 4.69) is 5.32 Å². The van der Waals surface area contributed by atoms with Gasteiger partial charge in [-0.15, -0.1) is 0 Å². The fourth-order valence-corrected chi connectivity index (χ4v) is 3.06. The quantitative estimate of drug-likeness (QED) is 0.798. The molecule has 2 amide bonds. The largest absolute Gasteiger partial charge is 0.506 e. The molecule has 1 atom stereocenters. The van der Waals surface area contributed by atoms with E-state index in [-0.39, 0.29) is 24.0 Å². The highest BCUT2D eigenvalue weighted by Gasteiger charge is 2.35. The van der Waals surface area contributed by atoms with E-state index in [9.17, 15) is 14.7 Å². The molecule has 1 aliphatic rings. The second-order valence-electron chi connectivity index (χ2n) is 6.04. The Kier molecular flexibility index (Phi) is 5.63. The van der Waals surface area contributed by atoms with Gasteiger partial charge in [0.1, 0.15) is 18.4 Å². The number of amides is 2. The van der Waals surface area contributed by atoms with E-state index in [0.29, 0.717) is 24.4 Å². The van der Waals surface area contributed by atoms with Crippen molar-refractivity contribution in [2.75, 3.05) is 11.9 Å². The summed E-state index contributed by atoms with van der Waals surface area (Å²) in [6.45, 7) is 0.604. The molecule has 2 aromatic rings. The molecule has 0 radical (unpaired) electrons. The molecule has 3 rings (SSSR count). The molecule has 7 heteroatoms. The number of ether oxygens (including phenoxy) is 1. The molecule has 26 heavy (non-hydrogen) atoms. The van der Waals surface area contributed by atoms with Crippen molar-refractivity contribution in [3.8, 4) is 5.75 Å². The van der Waals surface area contributed by atoms with Gasteiger partial charge in [-0.1, -0.05) is 41.9 Å². The topological polar surface area (TPSA) is 78.9 Å². The molecule has 6 nitrogen and oxygen atoms in total. The second-order valence-corrected chi connectivity index (χ2v) is 6.48. The lowest BCUT2D eigenvalue weighted by molar-refractivity contribution is -0.120. The number of nitrogens with one attached hydrogen (secondary N) is 1. The van der Waals surface area contributed by atoms with Crippen molar-refractivity contribution in [2.24, 2.45) is 0 Å². The summed E-state index contributed by atoms with van der Waals surface area (Å²) >= 11 is 5.89. The van der Waals surface area contributed by atoms with Crippen LogP contribution in [0.1, 0.15) is 18.4 Å². The lowest BCUT2D eigenvalue weighted by Gasteiger charge is -2.23. The van der Waals surface area contributed by atoms with Crippen LogP contribution in [0.3, 0.4) is 0 Å². The Bertz CT molecular complexity index is 797. The van der Waals surface area contributed by atoms with Gasteiger partial charge < -0.3 is 15.2 Å². The molecule has 1 heterocycles. The van der Waals surface area contributed by atoms with Crippen LogP contribution in [-0.2, 0) is 16.1 Å². The van der Waals surface area contributed by atoms with Gasteiger partial charge in [0.25, 0.3) is 0 Å². The summed E-state index contributed by atoms with van der Waals surface area (Å²) in [5.41, 5.74) is 1.09. The minimum Gasteiger partial charge on any atom is -0.506 e. The average molecular weight is 375 g/mol. The van der Waals surface area contributed by atoms with Crippen LogP contribution in [0.4, 0.5) is 10.5 Å². The molecule has 1 saturated heterocycles. The number of nitrogens with zero attached hydrogens (tertiary/aromatic N) is 1. The Morgan fingerprint density at radius 2 is 2.00 bits per heavy atom. The van der Waals surface area contributed by atoms with Gasteiger partial charge in [-0.2, -0.15) is 0 Å². The van der Waals surface area contributed by atoms with E-state index < -0.39 is 12.1 Å². The van der Waals surface area contributed by atoms with Crippen molar-refractivity contribution in [3.05, 3.63) is 59.1 Å². The van der Waals surface area contributed by atoms with E-state index in [4.69, 9.17) is 16.3 Å². The standard InChI is InChI=1S/C19H19ClN2O4/c20-14-8-9-17(23)15(11-14)21-18(24)16-7-4-10-22(16)19(25)26-12-13-5-2-1-3-6-13/h1-3,5-6,8-9,11,16,23H,4,7,10,12H2,(H,21,24). The molecule has 0 aliphatic carbocycles. The maximum atomic E-state index is 12.6. The molecular weight excluding hydrogens is 356 g/mol. The minimum atomic E-state index is -0.642. The van der Waals surface area contributed by atoms with E-state index in [1.54, 1.807) is 0 Å². The van der Waals surface area contributed by atoms with Gasteiger partial charge in [0.05, 0.1) is 5.69 Å². The summed E-state index contributed by atoms with van der Waals surface area (Å²) in [5, 5.41) is 12.9. The van der Waals surface area contributed by atoms with Crippen molar-refractivity contribution >= 4 is 29.3 Å². The van der Waals surface area contributed by atoms with Crippen LogP contribution in [0, 0.1) is 0 Å². The van der Waals surface area contributed by atoms with E-state index in [1.165, 1.54) is 23.1 Å². The zero-order valence-electron chi connectivity index (χ0n) is 14.0. The Balaban J connectivity index is 1.62. The summed E-state index contributed by atoms with van der Waals surface area (Å²) in [7, 11) is 0. The normalized spacial score (nSPS) is 16.3. The molecule has 0 spiro atoms. The predicted octanol–water partition coefficient (Wildman–Crippen LogP) is 3.79. The van der Waals surface area contributed by atoms with Crippen molar-refractivity contribution in [2.45, 2.75) is 25.5 Å². The van der Waals surface area contributed by atoms with Crippen LogP contribution in [0.25, 0.3) is 0 Å². The number of carbonyl (C=O) groups is 2. The zero-order chi connectivity index (χ0) is 18.5.